The predicted octanol–water partition coefficient (Wildman–Crippen LogP) is 5.27. The van der Waals surface area contributed by atoms with Crippen molar-refractivity contribution in [2.75, 3.05) is 6.54 Å². The Morgan fingerprint density at radius 3 is 2.50 bits per heavy atom. The molecule has 0 amide bonds. The molecule has 18 heavy (non-hydrogen) atoms. The highest BCUT2D eigenvalue weighted by molar-refractivity contribution is 6.30. The van der Waals surface area contributed by atoms with E-state index >= 15 is 0 Å². The maximum atomic E-state index is 6.15. The summed E-state index contributed by atoms with van der Waals surface area (Å²) in [6.07, 6.45) is 6.46. The van der Waals surface area contributed by atoms with Crippen LogP contribution in [0.4, 0.5) is 0 Å². The fourth-order valence-electron chi connectivity index (χ4n) is 2.37. The zero-order chi connectivity index (χ0) is 13.4. The van der Waals surface area contributed by atoms with Gasteiger partial charge in [-0.05, 0) is 43.1 Å². The second-order valence-corrected chi connectivity index (χ2v) is 5.46. The molecule has 0 heterocycles. The molecule has 1 unspecified atom stereocenters. The van der Waals surface area contributed by atoms with Gasteiger partial charge in [-0.1, -0.05) is 57.2 Å². The van der Waals surface area contributed by atoms with Gasteiger partial charge in [0.15, 0.2) is 0 Å². The first-order chi connectivity index (χ1) is 8.67. The lowest BCUT2D eigenvalue weighted by Gasteiger charge is -2.19. The van der Waals surface area contributed by atoms with Crippen molar-refractivity contribution in [2.45, 2.75) is 58.9 Å². The average Bonchev–Trinajstić information content (AvgIpc) is 2.32. The summed E-state index contributed by atoms with van der Waals surface area (Å²) in [6, 6.07) is 6.82. The first kappa shape index (κ1) is 15.5. The fourth-order valence-corrected chi connectivity index (χ4v) is 2.67. The van der Waals surface area contributed by atoms with Crippen molar-refractivity contribution in [3.05, 3.63) is 34.3 Å². The number of unbranched alkanes of at least 4 members (excludes halogenated alkanes) is 3. The van der Waals surface area contributed by atoms with Gasteiger partial charge in [0.1, 0.15) is 0 Å². The van der Waals surface area contributed by atoms with E-state index < -0.39 is 0 Å². The number of aryl methyl sites for hydroxylation is 1. The van der Waals surface area contributed by atoms with Crippen LogP contribution >= 0.6 is 11.6 Å². The van der Waals surface area contributed by atoms with E-state index in [0.717, 1.165) is 11.6 Å². The number of halogens is 1. The highest BCUT2D eigenvalue weighted by Crippen LogP contribution is 2.24. The van der Waals surface area contributed by atoms with E-state index in [1.165, 1.54) is 43.2 Å². The third kappa shape index (κ3) is 5.41. The third-order valence-corrected chi connectivity index (χ3v) is 3.48. The minimum atomic E-state index is 0.448. The zero-order valence-electron chi connectivity index (χ0n) is 11.9. The van der Waals surface area contributed by atoms with Crippen molar-refractivity contribution in [1.82, 2.24) is 5.32 Å². The first-order valence-electron chi connectivity index (χ1n) is 7.17. The SMILES string of the molecule is CCCCCCC(NCC)c1cc(C)cc(Cl)c1. The molecular formula is C16H26ClN. The lowest BCUT2D eigenvalue weighted by atomic mass is 9.98. The molecule has 0 bridgehead atoms. The Morgan fingerprint density at radius 2 is 1.89 bits per heavy atom. The van der Waals surface area contributed by atoms with Crippen LogP contribution in [0.25, 0.3) is 0 Å². The highest BCUT2D eigenvalue weighted by atomic mass is 35.5. The molecule has 0 aliphatic carbocycles. The van der Waals surface area contributed by atoms with Gasteiger partial charge in [0.2, 0.25) is 0 Å². The summed E-state index contributed by atoms with van der Waals surface area (Å²) in [7, 11) is 0. The standard InChI is InChI=1S/C16H26ClN/c1-4-6-7-8-9-16(18-5-2)14-10-13(3)11-15(17)12-14/h10-12,16,18H,4-9H2,1-3H3. The van der Waals surface area contributed by atoms with Crippen molar-refractivity contribution < 1.29 is 0 Å². The molecule has 1 aromatic rings. The van der Waals surface area contributed by atoms with E-state index in [2.05, 4.69) is 38.2 Å². The second kappa shape index (κ2) is 8.55. The van der Waals surface area contributed by atoms with E-state index in [1.54, 1.807) is 0 Å². The van der Waals surface area contributed by atoms with Crippen LogP contribution in [0.15, 0.2) is 18.2 Å². The van der Waals surface area contributed by atoms with E-state index in [4.69, 9.17) is 11.6 Å². The molecule has 0 spiro atoms. The van der Waals surface area contributed by atoms with E-state index in [1.807, 2.05) is 6.07 Å². The summed E-state index contributed by atoms with van der Waals surface area (Å²) in [5, 5.41) is 4.42. The van der Waals surface area contributed by atoms with Gasteiger partial charge in [0.05, 0.1) is 0 Å². The molecule has 0 radical (unpaired) electrons. The van der Waals surface area contributed by atoms with Crippen molar-refractivity contribution >= 4 is 11.6 Å². The lowest BCUT2D eigenvalue weighted by Crippen LogP contribution is -2.21. The van der Waals surface area contributed by atoms with Crippen molar-refractivity contribution in [3.63, 3.8) is 0 Å². The largest absolute Gasteiger partial charge is 0.310 e. The smallest absolute Gasteiger partial charge is 0.0411 e. The van der Waals surface area contributed by atoms with E-state index in [0.29, 0.717) is 6.04 Å². The molecule has 102 valence electrons. The fraction of sp³-hybridized carbons (Fsp3) is 0.625. The van der Waals surface area contributed by atoms with Crippen molar-refractivity contribution in [2.24, 2.45) is 0 Å². The van der Waals surface area contributed by atoms with Crippen LogP contribution in [-0.4, -0.2) is 6.54 Å². The Balaban J connectivity index is 2.64. The van der Waals surface area contributed by atoms with Crippen molar-refractivity contribution in [3.8, 4) is 0 Å². The number of benzene rings is 1. The van der Waals surface area contributed by atoms with Crippen LogP contribution in [0, 0.1) is 6.92 Å². The van der Waals surface area contributed by atoms with Gasteiger partial charge in [0.25, 0.3) is 0 Å². The Hall–Kier alpha value is -0.530. The molecule has 1 atom stereocenters. The molecule has 0 saturated carbocycles. The number of hydrogen-bond donors (Lipinski definition) is 1. The summed E-state index contributed by atoms with van der Waals surface area (Å²) in [5.74, 6) is 0. The molecule has 0 saturated heterocycles. The minimum Gasteiger partial charge on any atom is -0.310 e. The van der Waals surface area contributed by atoms with Gasteiger partial charge in [-0.3, -0.25) is 0 Å². The zero-order valence-corrected chi connectivity index (χ0v) is 12.7. The van der Waals surface area contributed by atoms with E-state index in [9.17, 15) is 0 Å². The number of nitrogens with one attached hydrogen (secondary N) is 1. The molecule has 1 rings (SSSR count). The minimum absolute atomic E-state index is 0.448. The summed E-state index contributed by atoms with van der Waals surface area (Å²) >= 11 is 6.15. The molecule has 1 N–H and O–H groups in total. The number of rotatable bonds is 8. The van der Waals surface area contributed by atoms with Crippen LogP contribution < -0.4 is 5.32 Å². The average molecular weight is 268 g/mol. The van der Waals surface area contributed by atoms with Gasteiger partial charge in [-0.2, -0.15) is 0 Å². The molecular weight excluding hydrogens is 242 g/mol. The molecule has 0 fully saturated rings. The Kier molecular flexibility index (Phi) is 7.38. The van der Waals surface area contributed by atoms with Crippen LogP contribution in [0.3, 0.4) is 0 Å². The Bertz CT molecular complexity index is 329. The van der Waals surface area contributed by atoms with Gasteiger partial charge in [-0.15, -0.1) is 0 Å². The summed E-state index contributed by atoms with van der Waals surface area (Å²) in [5.41, 5.74) is 2.58. The third-order valence-electron chi connectivity index (χ3n) is 3.26. The van der Waals surface area contributed by atoms with E-state index in [-0.39, 0.29) is 0 Å². The first-order valence-corrected chi connectivity index (χ1v) is 7.55. The summed E-state index contributed by atoms with van der Waals surface area (Å²) < 4.78 is 0. The lowest BCUT2D eigenvalue weighted by molar-refractivity contribution is 0.481. The Labute approximate surface area is 117 Å². The normalized spacial score (nSPS) is 12.7. The monoisotopic (exact) mass is 267 g/mol. The summed E-state index contributed by atoms with van der Waals surface area (Å²) in [4.78, 5) is 0. The molecule has 0 aliphatic heterocycles. The summed E-state index contributed by atoms with van der Waals surface area (Å²) in [6.45, 7) is 7.53. The van der Waals surface area contributed by atoms with Gasteiger partial charge in [0, 0.05) is 11.1 Å². The van der Waals surface area contributed by atoms with Crippen LogP contribution in [-0.2, 0) is 0 Å². The topological polar surface area (TPSA) is 12.0 Å². The highest BCUT2D eigenvalue weighted by Gasteiger charge is 2.10. The second-order valence-electron chi connectivity index (χ2n) is 5.02. The van der Waals surface area contributed by atoms with Gasteiger partial charge in [-0.25, -0.2) is 0 Å². The molecule has 0 aromatic heterocycles. The Morgan fingerprint density at radius 1 is 1.11 bits per heavy atom. The van der Waals surface area contributed by atoms with Crippen LogP contribution in [0.1, 0.15) is 63.1 Å². The maximum Gasteiger partial charge on any atom is 0.0411 e. The molecule has 0 aliphatic rings. The maximum absolute atomic E-state index is 6.15. The number of hydrogen-bond acceptors (Lipinski definition) is 1. The predicted molar refractivity (Wildman–Crippen MR) is 81.4 cm³/mol. The molecule has 1 aromatic carbocycles. The van der Waals surface area contributed by atoms with Gasteiger partial charge < -0.3 is 5.32 Å². The van der Waals surface area contributed by atoms with Gasteiger partial charge >= 0.3 is 0 Å². The molecule has 2 heteroatoms. The molecule has 1 nitrogen and oxygen atoms in total. The van der Waals surface area contributed by atoms with Crippen LogP contribution in [0.5, 0.6) is 0 Å². The quantitative estimate of drug-likeness (QED) is 0.633. The van der Waals surface area contributed by atoms with Crippen molar-refractivity contribution in [1.29, 1.82) is 0 Å². The van der Waals surface area contributed by atoms with Crippen LogP contribution in [0.2, 0.25) is 5.02 Å².